The van der Waals surface area contributed by atoms with Crippen LogP contribution in [0.15, 0.2) is 18.3 Å². The molecule has 13 heavy (non-hydrogen) atoms. The van der Waals surface area contributed by atoms with Crippen LogP contribution in [0.3, 0.4) is 0 Å². The minimum Gasteiger partial charge on any atom is -0.474 e. The van der Waals surface area contributed by atoms with E-state index in [0.29, 0.717) is 6.10 Å². The molecule has 2 heteroatoms. The van der Waals surface area contributed by atoms with Gasteiger partial charge in [-0.2, -0.15) is 0 Å². The molecule has 1 rings (SSSR count). The average Bonchev–Trinajstić information content (AvgIpc) is 2.17. The van der Waals surface area contributed by atoms with E-state index in [1.54, 1.807) is 6.20 Å². The lowest BCUT2D eigenvalue weighted by Gasteiger charge is -2.15. The third-order valence-electron chi connectivity index (χ3n) is 2.15. The molecule has 0 aliphatic rings. The first-order valence-corrected chi connectivity index (χ1v) is 4.86. The van der Waals surface area contributed by atoms with E-state index in [0.717, 1.165) is 24.3 Å². The van der Waals surface area contributed by atoms with Crippen LogP contribution in [0.4, 0.5) is 0 Å². The standard InChI is InChI=1S/C11H17NO/c1-4-10(5-2)13-11-9(3)7-6-8-12-11/h6-8,10H,4-5H2,1-3H3. The third-order valence-corrected chi connectivity index (χ3v) is 2.15. The largest absolute Gasteiger partial charge is 0.474 e. The molecule has 2 nitrogen and oxygen atoms in total. The first-order valence-electron chi connectivity index (χ1n) is 4.86. The summed E-state index contributed by atoms with van der Waals surface area (Å²) in [6.45, 7) is 6.28. The predicted octanol–water partition coefficient (Wildman–Crippen LogP) is 2.96. The van der Waals surface area contributed by atoms with E-state index < -0.39 is 0 Å². The molecule has 0 unspecified atom stereocenters. The maximum Gasteiger partial charge on any atom is 0.216 e. The van der Waals surface area contributed by atoms with Crippen LogP contribution >= 0.6 is 0 Å². The highest BCUT2D eigenvalue weighted by atomic mass is 16.5. The van der Waals surface area contributed by atoms with Crippen LogP contribution in [0.25, 0.3) is 0 Å². The summed E-state index contributed by atoms with van der Waals surface area (Å²) in [5, 5.41) is 0. The minimum atomic E-state index is 0.300. The van der Waals surface area contributed by atoms with Crippen molar-refractivity contribution in [3.8, 4) is 5.88 Å². The van der Waals surface area contributed by atoms with Gasteiger partial charge in [-0.25, -0.2) is 4.98 Å². The van der Waals surface area contributed by atoms with Crippen molar-refractivity contribution in [1.82, 2.24) is 4.98 Å². The lowest BCUT2D eigenvalue weighted by atomic mass is 10.2. The van der Waals surface area contributed by atoms with Gasteiger partial charge >= 0.3 is 0 Å². The summed E-state index contributed by atoms with van der Waals surface area (Å²) in [5.41, 5.74) is 1.11. The molecule has 0 aliphatic carbocycles. The monoisotopic (exact) mass is 179 g/mol. The second-order valence-electron chi connectivity index (χ2n) is 3.18. The van der Waals surface area contributed by atoms with E-state index in [4.69, 9.17) is 4.74 Å². The Balaban J connectivity index is 2.67. The Kier molecular flexibility index (Phi) is 3.74. The van der Waals surface area contributed by atoms with Crippen LogP contribution in [0.1, 0.15) is 32.3 Å². The summed E-state index contributed by atoms with van der Waals surface area (Å²) in [6.07, 6.45) is 4.14. The molecule has 0 aliphatic heterocycles. The maximum absolute atomic E-state index is 5.73. The van der Waals surface area contributed by atoms with Crippen LogP contribution in [0.2, 0.25) is 0 Å². The molecule has 0 bridgehead atoms. The van der Waals surface area contributed by atoms with Gasteiger partial charge in [0.15, 0.2) is 0 Å². The fourth-order valence-electron chi connectivity index (χ4n) is 1.21. The molecule has 1 aromatic rings. The van der Waals surface area contributed by atoms with Crippen LogP contribution in [0.5, 0.6) is 5.88 Å². The van der Waals surface area contributed by atoms with E-state index >= 15 is 0 Å². The van der Waals surface area contributed by atoms with Crippen LogP contribution in [-0.2, 0) is 0 Å². The van der Waals surface area contributed by atoms with Gasteiger partial charge in [-0.3, -0.25) is 0 Å². The highest BCUT2D eigenvalue weighted by Gasteiger charge is 2.07. The maximum atomic E-state index is 5.73. The molecule has 0 spiro atoms. The van der Waals surface area contributed by atoms with Crippen LogP contribution in [-0.4, -0.2) is 11.1 Å². The molecule has 0 amide bonds. The number of aryl methyl sites for hydroxylation is 1. The predicted molar refractivity (Wildman–Crippen MR) is 54.0 cm³/mol. The molecule has 72 valence electrons. The van der Waals surface area contributed by atoms with Gasteiger partial charge in [-0.05, 0) is 25.8 Å². The van der Waals surface area contributed by atoms with Gasteiger partial charge in [-0.15, -0.1) is 0 Å². The van der Waals surface area contributed by atoms with E-state index in [1.807, 2.05) is 19.1 Å². The van der Waals surface area contributed by atoms with Gasteiger partial charge in [0.25, 0.3) is 0 Å². The molecule has 0 radical (unpaired) electrons. The Labute approximate surface area is 80.0 Å². The second kappa shape index (κ2) is 4.85. The fraction of sp³-hybridized carbons (Fsp3) is 0.545. The summed E-state index contributed by atoms with van der Waals surface area (Å²) in [5.74, 6) is 0.774. The van der Waals surface area contributed by atoms with Crippen molar-refractivity contribution >= 4 is 0 Å². The van der Waals surface area contributed by atoms with Crippen molar-refractivity contribution in [2.24, 2.45) is 0 Å². The zero-order valence-corrected chi connectivity index (χ0v) is 8.58. The summed E-state index contributed by atoms with van der Waals surface area (Å²) in [6, 6.07) is 3.94. The number of pyridine rings is 1. The lowest BCUT2D eigenvalue weighted by molar-refractivity contribution is 0.183. The Morgan fingerprint density at radius 1 is 1.38 bits per heavy atom. The SMILES string of the molecule is CCC(CC)Oc1ncccc1C. The van der Waals surface area contributed by atoms with E-state index in [2.05, 4.69) is 18.8 Å². The molecule has 0 saturated carbocycles. The van der Waals surface area contributed by atoms with Gasteiger partial charge in [0.1, 0.15) is 0 Å². The fourth-order valence-corrected chi connectivity index (χ4v) is 1.21. The number of hydrogen-bond donors (Lipinski definition) is 0. The Bertz CT molecular complexity index is 256. The molecule has 0 aromatic carbocycles. The van der Waals surface area contributed by atoms with Gasteiger partial charge in [0, 0.05) is 11.8 Å². The van der Waals surface area contributed by atoms with Gasteiger partial charge < -0.3 is 4.74 Å². The molecule has 0 atom stereocenters. The number of ether oxygens (including phenoxy) is 1. The molecule has 0 saturated heterocycles. The molecule has 1 heterocycles. The summed E-state index contributed by atoms with van der Waals surface area (Å²) in [7, 11) is 0. The van der Waals surface area contributed by atoms with Crippen LogP contribution < -0.4 is 4.74 Å². The van der Waals surface area contributed by atoms with Crippen molar-refractivity contribution in [2.45, 2.75) is 39.7 Å². The normalized spacial score (nSPS) is 10.5. The first-order chi connectivity index (χ1) is 6.27. The van der Waals surface area contributed by atoms with Crippen molar-refractivity contribution in [3.63, 3.8) is 0 Å². The van der Waals surface area contributed by atoms with Gasteiger partial charge in [0.05, 0.1) is 6.10 Å². The van der Waals surface area contributed by atoms with E-state index in [1.165, 1.54) is 0 Å². The third kappa shape index (κ3) is 2.72. The molecular weight excluding hydrogens is 162 g/mol. The molecule has 0 N–H and O–H groups in total. The topological polar surface area (TPSA) is 22.1 Å². The van der Waals surface area contributed by atoms with Crippen molar-refractivity contribution in [1.29, 1.82) is 0 Å². The van der Waals surface area contributed by atoms with Crippen molar-refractivity contribution in [2.75, 3.05) is 0 Å². The highest BCUT2D eigenvalue weighted by Crippen LogP contribution is 2.16. The number of rotatable bonds is 4. The van der Waals surface area contributed by atoms with Crippen LogP contribution in [0, 0.1) is 6.92 Å². The number of aromatic nitrogens is 1. The lowest BCUT2D eigenvalue weighted by Crippen LogP contribution is -2.15. The smallest absolute Gasteiger partial charge is 0.216 e. The summed E-state index contributed by atoms with van der Waals surface area (Å²) < 4.78 is 5.73. The zero-order chi connectivity index (χ0) is 9.68. The highest BCUT2D eigenvalue weighted by molar-refractivity contribution is 5.23. The number of hydrogen-bond acceptors (Lipinski definition) is 2. The first kappa shape index (κ1) is 10.0. The summed E-state index contributed by atoms with van der Waals surface area (Å²) in [4.78, 5) is 4.19. The number of nitrogens with zero attached hydrogens (tertiary/aromatic N) is 1. The quantitative estimate of drug-likeness (QED) is 0.709. The molecular formula is C11H17NO. The van der Waals surface area contributed by atoms with Gasteiger partial charge in [0.2, 0.25) is 5.88 Å². The van der Waals surface area contributed by atoms with Gasteiger partial charge in [-0.1, -0.05) is 19.9 Å². The second-order valence-corrected chi connectivity index (χ2v) is 3.18. The van der Waals surface area contributed by atoms with Crippen molar-refractivity contribution < 1.29 is 4.74 Å². The Hall–Kier alpha value is -1.05. The Morgan fingerprint density at radius 3 is 2.62 bits per heavy atom. The summed E-state index contributed by atoms with van der Waals surface area (Å²) >= 11 is 0. The van der Waals surface area contributed by atoms with Crippen molar-refractivity contribution in [3.05, 3.63) is 23.9 Å². The average molecular weight is 179 g/mol. The minimum absolute atomic E-state index is 0.300. The van der Waals surface area contributed by atoms with E-state index in [-0.39, 0.29) is 0 Å². The Morgan fingerprint density at radius 2 is 2.08 bits per heavy atom. The zero-order valence-electron chi connectivity index (χ0n) is 8.58. The van der Waals surface area contributed by atoms with E-state index in [9.17, 15) is 0 Å². The molecule has 1 aromatic heterocycles. The molecule has 0 fully saturated rings.